The first-order valence-electron chi connectivity index (χ1n) is 5.41. The lowest BCUT2D eigenvalue weighted by molar-refractivity contribution is -0.121. The second-order valence-electron chi connectivity index (χ2n) is 5.54. The predicted octanol–water partition coefficient (Wildman–Crippen LogP) is 1.28. The Bertz CT molecular complexity index is 204. The maximum atomic E-state index is 11.4. The van der Waals surface area contributed by atoms with Crippen molar-refractivity contribution in [3.8, 4) is 0 Å². The number of amides is 1. The number of nitrogens with one attached hydrogen (secondary N) is 1. The summed E-state index contributed by atoms with van der Waals surface area (Å²) < 4.78 is 0. The minimum atomic E-state index is 0.0787. The third-order valence-electron chi connectivity index (χ3n) is 2.46. The smallest absolute Gasteiger partial charge is 0.221 e. The van der Waals surface area contributed by atoms with E-state index in [-0.39, 0.29) is 17.4 Å². The molecule has 0 bridgehead atoms. The molecule has 0 heterocycles. The predicted molar refractivity (Wildman–Crippen MR) is 57.8 cm³/mol. The first kappa shape index (κ1) is 11.5. The van der Waals surface area contributed by atoms with Crippen molar-refractivity contribution < 1.29 is 4.79 Å². The van der Waals surface area contributed by atoms with E-state index in [4.69, 9.17) is 5.73 Å². The van der Waals surface area contributed by atoms with Crippen molar-refractivity contribution in [3.05, 3.63) is 0 Å². The van der Waals surface area contributed by atoms with E-state index >= 15 is 0 Å². The number of carbonyl (C=O) groups is 1. The maximum Gasteiger partial charge on any atom is 0.221 e. The second-order valence-corrected chi connectivity index (χ2v) is 5.54. The molecule has 1 fully saturated rings. The van der Waals surface area contributed by atoms with Crippen LogP contribution in [-0.4, -0.2) is 18.5 Å². The summed E-state index contributed by atoms with van der Waals surface area (Å²) in [7, 11) is 0. The average Bonchev–Trinajstić information content (AvgIpc) is 2.81. The van der Waals surface area contributed by atoms with Crippen LogP contribution in [0.3, 0.4) is 0 Å². The second kappa shape index (κ2) is 4.30. The van der Waals surface area contributed by atoms with Gasteiger partial charge in [-0.2, -0.15) is 0 Å². The van der Waals surface area contributed by atoms with E-state index in [0.717, 1.165) is 6.54 Å². The highest BCUT2D eigenvalue weighted by Gasteiger charge is 2.29. The normalized spacial score (nSPS) is 19.1. The summed E-state index contributed by atoms with van der Waals surface area (Å²) in [5.41, 5.74) is 6.01. The van der Waals surface area contributed by atoms with Gasteiger partial charge in [0.25, 0.3) is 0 Å². The van der Waals surface area contributed by atoms with Crippen LogP contribution in [0.15, 0.2) is 0 Å². The van der Waals surface area contributed by atoms with Gasteiger partial charge in [-0.1, -0.05) is 20.8 Å². The first-order valence-corrected chi connectivity index (χ1v) is 5.41. The molecule has 1 saturated carbocycles. The summed E-state index contributed by atoms with van der Waals surface area (Å²) in [6.07, 6.45) is 2.89. The average molecular weight is 198 g/mol. The van der Waals surface area contributed by atoms with E-state index in [1.807, 2.05) is 0 Å². The molecule has 0 radical (unpaired) electrons. The molecule has 1 rings (SSSR count). The van der Waals surface area contributed by atoms with Crippen LogP contribution in [0.2, 0.25) is 0 Å². The summed E-state index contributed by atoms with van der Waals surface area (Å²) in [5.74, 6) is 0.703. The van der Waals surface area contributed by atoms with Crippen molar-refractivity contribution in [1.82, 2.24) is 5.32 Å². The maximum absolute atomic E-state index is 11.4. The molecule has 1 unspecified atom stereocenters. The molecule has 0 spiro atoms. The molecule has 0 aliphatic heterocycles. The van der Waals surface area contributed by atoms with Gasteiger partial charge in [0.2, 0.25) is 5.91 Å². The van der Waals surface area contributed by atoms with E-state index in [2.05, 4.69) is 26.1 Å². The molecule has 1 aliphatic carbocycles. The standard InChI is InChI=1S/C11H22N2O/c1-11(2,3)7-13-10(14)6-9(12)8-4-5-8/h8-9H,4-7,12H2,1-3H3,(H,13,14). The van der Waals surface area contributed by atoms with Crippen LogP contribution in [0.25, 0.3) is 0 Å². The molecule has 3 nitrogen and oxygen atoms in total. The van der Waals surface area contributed by atoms with Crippen molar-refractivity contribution in [2.75, 3.05) is 6.54 Å². The van der Waals surface area contributed by atoms with E-state index in [1.54, 1.807) is 0 Å². The molecule has 1 aliphatic rings. The van der Waals surface area contributed by atoms with Gasteiger partial charge in [0.1, 0.15) is 0 Å². The topological polar surface area (TPSA) is 55.1 Å². The first-order chi connectivity index (χ1) is 6.38. The molecule has 3 N–H and O–H groups in total. The van der Waals surface area contributed by atoms with Gasteiger partial charge >= 0.3 is 0 Å². The van der Waals surface area contributed by atoms with Gasteiger partial charge in [-0.25, -0.2) is 0 Å². The number of nitrogens with two attached hydrogens (primary N) is 1. The summed E-state index contributed by atoms with van der Waals surface area (Å²) in [5, 5.41) is 2.92. The molecular weight excluding hydrogens is 176 g/mol. The van der Waals surface area contributed by atoms with Crippen molar-refractivity contribution in [1.29, 1.82) is 0 Å². The highest BCUT2D eigenvalue weighted by molar-refractivity contribution is 5.76. The largest absolute Gasteiger partial charge is 0.356 e. The summed E-state index contributed by atoms with van der Waals surface area (Å²) in [6, 6.07) is 0.0787. The number of hydrogen-bond donors (Lipinski definition) is 2. The van der Waals surface area contributed by atoms with Crippen molar-refractivity contribution in [2.45, 2.75) is 46.1 Å². The van der Waals surface area contributed by atoms with Gasteiger partial charge in [0, 0.05) is 19.0 Å². The fraction of sp³-hybridized carbons (Fsp3) is 0.909. The Kier molecular flexibility index (Phi) is 3.53. The minimum absolute atomic E-state index is 0.0787. The fourth-order valence-electron chi connectivity index (χ4n) is 1.34. The van der Waals surface area contributed by atoms with Gasteiger partial charge in [0.05, 0.1) is 0 Å². The van der Waals surface area contributed by atoms with Gasteiger partial charge in [0.15, 0.2) is 0 Å². The van der Waals surface area contributed by atoms with E-state index in [1.165, 1.54) is 12.8 Å². The van der Waals surface area contributed by atoms with Crippen molar-refractivity contribution >= 4 is 5.91 Å². The van der Waals surface area contributed by atoms with Gasteiger partial charge in [-0.15, -0.1) is 0 Å². The van der Waals surface area contributed by atoms with Gasteiger partial charge < -0.3 is 11.1 Å². The fourth-order valence-corrected chi connectivity index (χ4v) is 1.34. The zero-order valence-corrected chi connectivity index (χ0v) is 9.47. The lowest BCUT2D eigenvalue weighted by Gasteiger charge is -2.19. The van der Waals surface area contributed by atoms with Crippen molar-refractivity contribution in [3.63, 3.8) is 0 Å². The summed E-state index contributed by atoms with van der Waals surface area (Å²) in [4.78, 5) is 11.4. The molecule has 0 saturated heterocycles. The SMILES string of the molecule is CC(C)(C)CNC(=O)CC(N)C1CC1. The van der Waals surface area contributed by atoms with Crippen LogP contribution < -0.4 is 11.1 Å². The highest BCUT2D eigenvalue weighted by atomic mass is 16.1. The molecule has 14 heavy (non-hydrogen) atoms. The number of carbonyl (C=O) groups excluding carboxylic acids is 1. The Morgan fingerprint density at radius 2 is 2.07 bits per heavy atom. The zero-order chi connectivity index (χ0) is 10.8. The third-order valence-corrected chi connectivity index (χ3v) is 2.46. The van der Waals surface area contributed by atoms with Crippen LogP contribution in [0.1, 0.15) is 40.0 Å². The highest BCUT2D eigenvalue weighted by Crippen LogP contribution is 2.32. The molecule has 0 aromatic heterocycles. The molecule has 3 heteroatoms. The number of rotatable bonds is 4. The Morgan fingerprint density at radius 3 is 2.50 bits per heavy atom. The van der Waals surface area contributed by atoms with Crippen LogP contribution in [0, 0.1) is 11.3 Å². The molecular formula is C11H22N2O. The molecule has 1 atom stereocenters. The monoisotopic (exact) mass is 198 g/mol. The minimum Gasteiger partial charge on any atom is -0.356 e. The third kappa shape index (κ3) is 4.61. The molecule has 0 aromatic carbocycles. The lowest BCUT2D eigenvalue weighted by Crippen LogP contribution is -2.36. The Labute approximate surface area is 86.4 Å². The molecule has 1 amide bonds. The van der Waals surface area contributed by atoms with Crippen LogP contribution in [0.4, 0.5) is 0 Å². The van der Waals surface area contributed by atoms with Crippen molar-refractivity contribution in [2.24, 2.45) is 17.1 Å². The van der Waals surface area contributed by atoms with E-state index in [9.17, 15) is 4.79 Å². The zero-order valence-electron chi connectivity index (χ0n) is 9.47. The lowest BCUT2D eigenvalue weighted by atomic mass is 9.97. The van der Waals surface area contributed by atoms with Crippen LogP contribution in [-0.2, 0) is 4.79 Å². The molecule has 82 valence electrons. The van der Waals surface area contributed by atoms with E-state index in [0.29, 0.717) is 12.3 Å². The van der Waals surface area contributed by atoms with Crippen LogP contribution in [0.5, 0.6) is 0 Å². The Balaban J connectivity index is 2.15. The Hall–Kier alpha value is -0.570. The summed E-state index contributed by atoms with van der Waals surface area (Å²) in [6.45, 7) is 7.04. The molecule has 0 aromatic rings. The van der Waals surface area contributed by atoms with E-state index < -0.39 is 0 Å². The van der Waals surface area contributed by atoms with Gasteiger partial charge in [-0.05, 0) is 24.2 Å². The summed E-state index contributed by atoms with van der Waals surface area (Å²) >= 11 is 0. The van der Waals surface area contributed by atoms with Gasteiger partial charge in [-0.3, -0.25) is 4.79 Å². The number of hydrogen-bond acceptors (Lipinski definition) is 2. The quantitative estimate of drug-likeness (QED) is 0.715. The Morgan fingerprint density at radius 1 is 1.50 bits per heavy atom. The van der Waals surface area contributed by atoms with Crippen LogP contribution >= 0.6 is 0 Å².